The van der Waals surface area contributed by atoms with Gasteiger partial charge in [0, 0.05) is 18.8 Å². The number of nitrogens with zero attached hydrogens (tertiary/aromatic N) is 1. The first-order valence-electron chi connectivity index (χ1n) is 9.38. The monoisotopic (exact) mass is 384 g/mol. The van der Waals surface area contributed by atoms with Crippen LogP contribution < -0.4 is 5.32 Å². The molecule has 0 saturated carbocycles. The number of anilines is 1. The third-order valence-electron chi connectivity index (χ3n) is 4.85. The number of esters is 1. The summed E-state index contributed by atoms with van der Waals surface area (Å²) in [4.78, 5) is 38.5. The van der Waals surface area contributed by atoms with Crippen LogP contribution in [0.5, 0.6) is 0 Å². The van der Waals surface area contributed by atoms with Gasteiger partial charge in [-0.2, -0.15) is 0 Å². The lowest BCUT2D eigenvalue weighted by molar-refractivity contribution is -0.141. The summed E-state index contributed by atoms with van der Waals surface area (Å²) in [6, 6.07) is 9.45. The molecule has 3 rings (SSSR count). The zero-order chi connectivity index (χ0) is 20.1. The van der Waals surface area contributed by atoms with Crippen molar-refractivity contribution in [2.45, 2.75) is 32.8 Å². The van der Waals surface area contributed by atoms with Crippen LogP contribution in [0.2, 0.25) is 0 Å². The van der Waals surface area contributed by atoms with Crippen molar-refractivity contribution in [3.8, 4) is 0 Å². The van der Waals surface area contributed by atoms with Crippen LogP contribution in [-0.4, -0.2) is 41.9 Å². The summed E-state index contributed by atoms with van der Waals surface area (Å²) < 4.78 is 10.4. The van der Waals surface area contributed by atoms with Crippen LogP contribution in [0, 0.1) is 5.92 Å². The molecule has 28 heavy (non-hydrogen) atoms. The first kappa shape index (κ1) is 19.7. The smallest absolute Gasteiger partial charge is 0.338 e. The second kappa shape index (κ2) is 8.73. The maximum absolute atomic E-state index is 12.5. The minimum Gasteiger partial charge on any atom is -0.459 e. The molecule has 0 spiro atoms. The van der Waals surface area contributed by atoms with Gasteiger partial charge in [0.1, 0.15) is 0 Å². The quantitative estimate of drug-likeness (QED) is 0.799. The van der Waals surface area contributed by atoms with E-state index in [1.807, 2.05) is 0 Å². The molecule has 2 heterocycles. The Balaban J connectivity index is 1.54. The molecule has 1 saturated heterocycles. The molecule has 0 unspecified atom stereocenters. The van der Waals surface area contributed by atoms with E-state index in [2.05, 4.69) is 12.2 Å². The summed E-state index contributed by atoms with van der Waals surface area (Å²) in [5.41, 5.74) is 0.826. The fourth-order valence-corrected chi connectivity index (χ4v) is 3.06. The SMILES string of the molecule is CC1CCN(C(=O)[C@H](C)OC(=O)c2ccc(NC(=O)c3ccco3)cc2)CC1. The van der Waals surface area contributed by atoms with E-state index in [0.717, 1.165) is 12.8 Å². The summed E-state index contributed by atoms with van der Waals surface area (Å²) in [6.45, 7) is 5.17. The predicted molar refractivity (Wildman–Crippen MR) is 103 cm³/mol. The zero-order valence-corrected chi connectivity index (χ0v) is 16.0. The Kier molecular flexibility index (Phi) is 6.13. The van der Waals surface area contributed by atoms with Crippen molar-refractivity contribution >= 4 is 23.5 Å². The van der Waals surface area contributed by atoms with Crippen molar-refractivity contribution in [1.82, 2.24) is 4.90 Å². The van der Waals surface area contributed by atoms with Crippen molar-refractivity contribution in [1.29, 1.82) is 0 Å². The van der Waals surface area contributed by atoms with E-state index in [4.69, 9.17) is 9.15 Å². The molecule has 1 fully saturated rings. The Hall–Kier alpha value is -3.09. The van der Waals surface area contributed by atoms with Gasteiger partial charge in [-0.05, 0) is 62.1 Å². The highest BCUT2D eigenvalue weighted by molar-refractivity contribution is 6.02. The molecular weight excluding hydrogens is 360 g/mol. The van der Waals surface area contributed by atoms with Crippen LogP contribution >= 0.6 is 0 Å². The molecule has 0 bridgehead atoms. The van der Waals surface area contributed by atoms with E-state index in [0.29, 0.717) is 30.3 Å². The van der Waals surface area contributed by atoms with Gasteiger partial charge in [0.15, 0.2) is 11.9 Å². The predicted octanol–water partition coefficient (Wildman–Crippen LogP) is 3.34. The van der Waals surface area contributed by atoms with E-state index in [-0.39, 0.29) is 17.6 Å². The third kappa shape index (κ3) is 4.79. The highest BCUT2D eigenvalue weighted by Crippen LogP contribution is 2.18. The molecule has 1 N–H and O–H groups in total. The number of likely N-dealkylation sites (tertiary alicyclic amines) is 1. The Labute approximate surface area is 163 Å². The second-order valence-corrected chi connectivity index (χ2v) is 7.06. The Bertz CT molecular complexity index is 821. The van der Waals surface area contributed by atoms with Crippen LogP contribution in [0.4, 0.5) is 5.69 Å². The summed E-state index contributed by atoms with van der Waals surface area (Å²) in [5.74, 6) is -0.301. The summed E-state index contributed by atoms with van der Waals surface area (Å²) in [7, 11) is 0. The number of piperidine rings is 1. The fraction of sp³-hybridized carbons (Fsp3) is 0.381. The summed E-state index contributed by atoms with van der Waals surface area (Å²) in [6.07, 6.45) is 2.52. The van der Waals surface area contributed by atoms with E-state index in [1.165, 1.54) is 6.26 Å². The minimum atomic E-state index is -0.834. The number of furan rings is 1. The number of nitrogens with one attached hydrogen (secondary N) is 1. The topological polar surface area (TPSA) is 88.9 Å². The molecule has 7 heteroatoms. The van der Waals surface area contributed by atoms with E-state index in [1.54, 1.807) is 48.2 Å². The molecule has 1 aromatic carbocycles. The number of benzene rings is 1. The van der Waals surface area contributed by atoms with Gasteiger partial charge in [-0.3, -0.25) is 9.59 Å². The molecule has 1 aromatic heterocycles. The maximum Gasteiger partial charge on any atom is 0.338 e. The van der Waals surface area contributed by atoms with E-state index in [9.17, 15) is 14.4 Å². The van der Waals surface area contributed by atoms with Crippen molar-refractivity contribution in [2.24, 2.45) is 5.92 Å². The number of ether oxygens (including phenoxy) is 1. The molecule has 1 atom stereocenters. The lowest BCUT2D eigenvalue weighted by Gasteiger charge is -2.31. The van der Waals surface area contributed by atoms with Crippen molar-refractivity contribution in [2.75, 3.05) is 18.4 Å². The Morgan fingerprint density at radius 2 is 1.82 bits per heavy atom. The molecule has 0 aliphatic carbocycles. The molecule has 1 aliphatic rings. The standard InChI is InChI=1S/C21H24N2O5/c1-14-9-11-23(12-10-14)20(25)15(2)28-21(26)16-5-7-17(8-6-16)22-19(24)18-4-3-13-27-18/h3-8,13-15H,9-12H2,1-2H3,(H,22,24)/t15-/m0/s1. The molecule has 1 aliphatic heterocycles. The van der Waals surface area contributed by atoms with E-state index < -0.39 is 12.1 Å². The van der Waals surface area contributed by atoms with Crippen LogP contribution in [0.1, 0.15) is 47.6 Å². The van der Waals surface area contributed by atoms with Gasteiger partial charge < -0.3 is 19.4 Å². The molecule has 148 valence electrons. The number of rotatable bonds is 5. The lowest BCUT2D eigenvalue weighted by atomic mass is 9.99. The zero-order valence-electron chi connectivity index (χ0n) is 16.0. The van der Waals surface area contributed by atoms with Crippen molar-refractivity contribution in [3.63, 3.8) is 0 Å². The van der Waals surface area contributed by atoms with Gasteiger partial charge in [-0.1, -0.05) is 6.92 Å². The minimum absolute atomic E-state index is 0.164. The largest absolute Gasteiger partial charge is 0.459 e. The van der Waals surface area contributed by atoms with Crippen molar-refractivity contribution < 1.29 is 23.5 Å². The lowest BCUT2D eigenvalue weighted by Crippen LogP contribution is -2.44. The summed E-state index contributed by atoms with van der Waals surface area (Å²) >= 11 is 0. The first-order chi connectivity index (χ1) is 13.4. The van der Waals surface area contributed by atoms with Gasteiger partial charge >= 0.3 is 5.97 Å². The highest BCUT2D eigenvalue weighted by atomic mass is 16.5. The van der Waals surface area contributed by atoms with Crippen molar-refractivity contribution in [3.05, 3.63) is 54.0 Å². The third-order valence-corrected chi connectivity index (χ3v) is 4.85. The van der Waals surface area contributed by atoms with Gasteiger partial charge in [0.05, 0.1) is 11.8 Å². The Morgan fingerprint density at radius 1 is 1.14 bits per heavy atom. The molecule has 2 amide bonds. The number of amides is 2. The molecule has 0 radical (unpaired) electrons. The Morgan fingerprint density at radius 3 is 2.43 bits per heavy atom. The van der Waals surface area contributed by atoms with Gasteiger partial charge in [0.25, 0.3) is 11.8 Å². The van der Waals surface area contributed by atoms with Crippen LogP contribution in [0.25, 0.3) is 0 Å². The van der Waals surface area contributed by atoms with Crippen LogP contribution in [0.15, 0.2) is 47.1 Å². The number of carbonyl (C=O) groups excluding carboxylic acids is 3. The first-order valence-corrected chi connectivity index (χ1v) is 9.38. The fourth-order valence-electron chi connectivity index (χ4n) is 3.06. The average molecular weight is 384 g/mol. The molecule has 2 aromatic rings. The number of hydrogen-bond donors (Lipinski definition) is 1. The average Bonchev–Trinajstić information content (AvgIpc) is 3.23. The molecular formula is C21H24N2O5. The second-order valence-electron chi connectivity index (χ2n) is 7.06. The van der Waals surface area contributed by atoms with Gasteiger partial charge in [0.2, 0.25) is 0 Å². The van der Waals surface area contributed by atoms with Gasteiger partial charge in [-0.15, -0.1) is 0 Å². The van der Waals surface area contributed by atoms with Crippen LogP contribution in [-0.2, 0) is 9.53 Å². The number of carbonyl (C=O) groups is 3. The normalized spacial score (nSPS) is 15.7. The van der Waals surface area contributed by atoms with Gasteiger partial charge in [-0.25, -0.2) is 4.79 Å². The number of hydrogen-bond acceptors (Lipinski definition) is 5. The summed E-state index contributed by atoms with van der Waals surface area (Å²) in [5, 5.41) is 2.67. The maximum atomic E-state index is 12.5. The van der Waals surface area contributed by atoms with E-state index >= 15 is 0 Å². The highest BCUT2D eigenvalue weighted by Gasteiger charge is 2.27. The van der Waals surface area contributed by atoms with Crippen LogP contribution in [0.3, 0.4) is 0 Å². The molecule has 7 nitrogen and oxygen atoms in total.